The van der Waals surface area contributed by atoms with Gasteiger partial charge in [0.2, 0.25) is 0 Å². The first-order valence-electron chi connectivity index (χ1n) is 7.52. The number of nitrogens with zero attached hydrogens (tertiary/aromatic N) is 1. The van der Waals surface area contributed by atoms with E-state index in [0.717, 1.165) is 0 Å². The first-order chi connectivity index (χ1) is 10.8. The fraction of sp³-hybridized carbons (Fsp3) is 0.389. The normalized spacial score (nSPS) is 28.7. The van der Waals surface area contributed by atoms with Crippen molar-refractivity contribution in [1.82, 2.24) is 0 Å². The Kier molecular flexibility index (Phi) is 3.29. The Labute approximate surface area is 134 Å². The Morgan fingerprint density at radius 1 is 1.30 bits per heavy atom. The van der Waals surface area contributed by atoms with Crippen LogP contribution in [-0.4, -0.2) is 17.3 Å². The van der Waals surface area contributed by atoms with E-state index >= 15 is 0 Å². The maximum Gasteiger partial charge on any atom is 0.281 e. The molecule has 1 aliphatic carbocycles. The van der Waals surface area contributed by atoms with Crippen molar-refractivity contribution < 1.29 is 14.3 Å². The molecule has 2 N–H and O–H groups in total. The molecule has 0 spiro atoms. The number of nitriles is 1. The summed E-state index contributed by atoms with van der Waals surface area (Å²) in [5, 5.41) is 9.67. The third-order valence-corrected chi connectivity index (χ3v) is 4.52. The van der Waals surface area contributed by atoms with Crippen LogP contribution < -0.4 is 5.73 Å². The number of rotatable bonds is 2. The molecule has 0 radical (unpaired) electrons. The Morgan fingerprint density at radius 3 is 2.52 bits per heavy atom. The number of carbonyl (C=O) groups excluding carboxylic acids is 2. The predicted molar refractivity (Wildman–Crippen MR) is 82.9 cm³/mol. The van der Waals surface area contributed by atoms with Crippen LogP contribution in [0.25, 0.3) is 0 Å². The molecule has 1 aliphatic heterocycles. The van der Waals surface area contributed by atoms with Crippen LogP contribution in [0, 0.1) is 16.7 Å². The first kappa shape index (κ1) is 15.3. The van der Waals surface area contributed by atoms with E-state index in [0.29, 0.717) is 29.7 Å². The van der Waals surface area contributed by atoms with Gasteiger partial charge >= 0.3 is 0 Å². The summed E-state index contributed by atoms with van der Waals surface area (Å²) >= 11 is 0. The van der Waals surface area contributed by atoms with Crippen molar-refractivity contribution in [2.75, 3.05) is 0 Å². The molecule has 2 aliphatic rings. The summed E-state index contributed by atoms with van der Waals surface area (Å²) in [5.41, 5.74) is 4.50. The summed E-state index contributed by atoms with van der Waals surface area (Å²) in [4.78, 5) is 24.8. The molecule has 2 atom stereocenters. The second-order valence-corrected chi connectivity index (χ2v) is 6.94. The number of hydrogen-bond acceptors (Lipinski definition) is 4. The molecule has 1 heterocycles. The van der Waals surface area contributed by atoms with E-state index in [4.69, 9.17) is 10.5 Å². The van der Waals surface area contributed by atoms with E-state index in [9.17, 15) is 14.9 Å². The van der Waals surface area contributed by atoms with E-state index in [-0.39, 0.29) is 11.2 Å². The highest BCUT2D eigenvalue weighted by atomic mass is 16.5. The highest BCUT2D eigenvalue weighted by Gasteiger charge is 2.59. The van der Waals surface area contributed by atoms with Crippen molar-refractivity contribution in [3.8, 4) is 6.07 Å². The van der Waals surface area contributed by atoms with Crippen LogP contribution in [0.15, 0.2) is 41.7 Å². The molecule has 1 aromatic rings. The topological polar surface area (TPSA) is 93.2 Å². The second kappa shape index (κ2) is 4.95. The number of benzene rings is 1. The van der Waals surface area contributed by atoms with Crippen LogP contribution >= 0.6 is 0 Å². The van der Waals surface area contributed by atoms with E-state index in [2.05, 4.69) is 0 Å². The highest BCUT2D eigenvalue weighted by molar-refractivity contribution is 6.03. The van der Waals surface area contributed by atoms with Gasteiger partial charge in [0.05, 0.1) is 5.92 Å². The molecule has 0 saturated carbocycles. The summed E-state index contributed by atoms with van der Waals surface area (Å²) < 4.78 is 5.76. The Morgan fingerprint density at radius 2 is 1.96 bits per heavy atom. The Hall–Kier alpha value is -2.61. The van der Waals surface area contributed by atoms with E-state index < -0.39 is 17.4 Å². The lowest BCUT2D eigenvalue weighted by molar-refractivity contribution is -0.132. The van der Waals surface area contributed by atoms with Crippen LogP contribution in [0.4, 0.5) is 0 Å². The zero-order valence-corrected chi connectivity index (χ0v) is 13.1. The number of ketones is 1. The molecule has 5 nitrogen and oxygen atoms in total. The van der Waals surface area contributed by atoms with Gasteiger partial charge in [-0.1, -0.05) is 44.2 Å². The van der Waals surface area contributed by atoms with Gasteiger partial charge < -0.3 is 10.5 Å². The smallest absolute Gasteiger partial charge is 0.281 e. The van der Waals surface area contributed by atoms with E-state index in [1.54, 1.807) is 24.3 Å². The molecule has 0 unspecified atom stereocenters. The van der Waals surface area contributed by atoms with Gasteiger partial charge in [0, 0.05) is 18.4 Å². The monoisotopic (exact) mass is 310 g/mol. The lowest BCUT2D eigenvalue weighted by Gasteiger charge is -2.29. The molecule has 1 amide bonds. The Bertz CT molecular complexity index is 758. The van der Waals surface area contributed by atoms with Crippen LogP contribution in [0.2, 0.25) is 0 Å². The van der Waals surface area contributed by atoms with Gasteiger partial charge in [0.25, 0.3) is 11.5 Å². The number of Topliss-reactive ketones (excluding diaryl/α,β-unsaturated/α-hetero) is 1. The van der Waals surface area contributed by atoms with E-state index in [1.165, 1.54) is 0 Å². The maximum atomic E-state index is 12.7. The number of primary amides is 1. The summed E-state index contributed by atoms with van der Waals surface area (Å²) in [7, 11) is 0. The zero-order valence-electron chi connectivity index (χ0n) is 13.1. The lowest BCUT2D eigenvalue weighted by Crippen LogP contribution is -2.47. The SMILES string of the molecule is CC1(C)CC(=O)C2=C(C1)O[C@](C#N)(C(N)=O)[C@H]2c1ccccc1. The Balaban J connectivity index is 2.21. The fourth-order valence-corrected chi connectivity index (χ4v) is 3.53. The summed E-state index contributed by atoms with van der Waals surface area (Å²) in [6, 6.07) is 10.9. The molecule has 0 fully saturated rings. The maximum absolute atomic E-state index is 12.7. The average Bonchev–Trinajstić information content (AvgIpc) is 2.82. The standard InChI is InChI=1S/C18H18N2O3/c1-17(2)8-12(21)14-13(9-17)23-18(10-19,16(20)22)15(14)11-6-4-3-5-7-11/h3-7,15H,8-9H2,1-2H3,(H2,20,22)/t15-,18-/m0/s1. The third-order valence-electron chi connectivity index (χ3n) is 4.52. The minimum Gasteiger partial charge on any atom is -0.466 e. The number of amides is 1. The van der Waals surface area contributed by atoms with Crippen LogP contribution in [0.1, 0.15) is 38.2 Å². The molecular weight excluding hydrogens is 292 g/mol. The van der Waals surface area contributed by atoms with Crippen molar-refractivity contribution in [3.05, 3.63) is 47.2 Å². The summed E-state index contributed by atoms with van der Waals surface area (Å²) in [6.07, 6.45) is 0.868. The third kappa shape index (κ3) is 2.22. The molecule has 0 bridgehead atoms. The fourth-order valence-electron chi connectivity index (χ4n) is 3.53. The van der Waals surface area contributed by atoms with Gasteiger partial charge in [0.15, 0.2) is 5.78 Å². The predicted octanol–water partition coefficient (Wildman–Crippen LogP) is 2.19. The lowest BCUT2D eigenvalue weighted by atomic mass is 9.70. The average molecular weight is 310 g/mol. The van der Waals surface area contributed by atoms with E-state index in [1.807, 2.05) is 26.0 Å². The summed E-state index contributed by atoms with van der Waals surface area (Å²) in [6.45, 7) is 3.93. The number of carbonyl (C=O) groups is 2. The molecule has 0 aromatic heterocycles. The van der Waals surface area contributed by atoms with Crippen LogP contribution in [-0.2, 0) is 14.3 Å². The van der Waals surface area contributed by atoms with Crippen LogP contribution in [0.5, 0.6) is 0 Å². The minimum atomic E-state index is -1.86. The van der Waals surface area contributed by atoms with Crippen molar-refractivity contribution in [2.45, 2.75) is 38.2 Å². The minimum absolute atomic E-state index is 0.0801. The number of nitrogens with two attached hydrogens (primary N) is 1. The molecule has 0 saturated heterocycles. The molecule has 3 rings (SSSR count). The quantitative estimate of drug-likeness (QED) is 0.906. The van der Waals surface area contributed by atoms with Crippen LogP contribution in [0.3, 0.4) is 0 Å². The largest absolute Gasteiger partial charge is 0.466 e. The van der Waals surface area contributed by atoms with Gasteiger partial charge in [-0.2, -0.15) is 5.26 Å². The summed E-state index contributed by atoms with van der Waals surface area (Å²) in [5.74, 6) is -1.29. The zero-order chi connectivity index (χ0) is 16.8. The molecule has 5 heteroatoms. The second-order valence-electron chi connectivity index (χ2n) is 6.94. The van der Waals surface area contributed by atoms with Crippen molar-refractivity contribution in [2.24, 2.45) is 11.1 Å². The van der Waals surface area contributed by atoms with Gasteiger partial charge in [-0.3, -0.25) is 9.59 Å². The van der Waals surface area contributed by atoms with Crippen molar-refractivity contribution in [3.63, 3.8) is 0 Å². The molecule has 23 heavy (non-hydrogen) atoms. The highest BCUT2D eigenvalue weighted by Crippen LogP contribution is 2.52. The van der Waals surface area contributed by atoms with Gasteiger partial charge in [-0.15, -0.1) is 0 Å². The van der Waals surface area contributed by atoms with Crippen molar-refractivity contribution in [1.29, 1.82) is 5.26 Å². The van der Waals surface area contributed by atoms with Gasteiger partial charge in [0.1, 0.15) is 11.8 Å². The molecule has 1 aromatic carbocycles. The van der Waals surface area contributed by atoms with Gasteiger partial charge in [-0.25, -0.2) is 0 Å². The molecular formula is C18H18N2O3. The number of allylic oxidation sites excluding steroid dienone is 1. The first-order valence-corrected chi connectivity index (χ1v) is 7.52. The van der Waals surface area contributed by atoms with Crippen molar-refractivity contribution >= 4 is 11.7 Å². The molecule has 118 valence electrons. The number of hydrogen-bond donors (Lipinski definition) is 1. The number of ether oxygens (including phenoxy) is 1. The van der Waals surface area contributed by atoms with Gasteiger partial charge in [-0.05, 0) is 11.0 Å².